The number of carboxylic acids is 1. The van der Waals surface area contributed by atoms with Gasteiger partial charge in [-0.15, -0.1) is 0 Å². The topological polar surface area (TPSA) is 82.5 Å². The summed E-state index contributed by atoms with van der Waals surface area (Å²) < 4.78 is 0. The fourth-order valence-electron chi connectivity index (χ4n) is 1.61. The molecular weight excluding hydrogens is 246 g/mol. The Morgan fingerprint density at radius 2 is 2.05 bits per heavy atom. The van der Waals surface area contributed by atoms with Crippen LogP contribution in [0, 0.1) is 0 Å². The highest BCUT2D eigenvalue weighted by Gasteiger charge is 2.11. The number of aliphatic carboxylic acids is 1. The summed E-state index contributed by atoms with van der Waals surface area (Å²) in [5.74, 6) is -0.900. The molecule has 6 heteroatoms. The summed E-state index contributed by atoms with van der Waals surface area (Å²) in [6.07, 6.45) is 4.11. The molecule has 0 aliphatic carbocycles. The second kappa shape index (κ2) is 8.07. The maximum Gasteiger partial charge on any atom is 0.317 e. The number of hydrogen-bond acceptors (Lipinski definition) is 3. The molecule has 2 N–H and O–H groups in total. The number of aromatic nitrogens is 1. The van der Waals surface area contributed by atoms with Gasteiger partial charge in [0.05, 0.1) is 6.42 Å². The Bertz CT molecular complexity index is 409. The molecule has 0 saturated heterocycles. The van der Waals surface area contributed by atoms with Crippen molar-refractivity contribution in [1.29, 1.82) is 0 Å². The minimum atomic E-state index is -0.900. The number of amides is 2. The fourth-order valence-corrected chi connectivity index (χ4v) is 1.61. The highest BCUT2D eigenvalue weighted by Crippen LogP contribution is 1.97. The van der Waals surface area contributed by atoms with Crippen molar-refractivity contribution in [3.05, 3.63) is 30.1 Å². The predicted octanol–water partition coefficient (Wildman–Crippen LogP) is 1.13. The highest BCUT2D eigenvalue weighted by atomic mass is 16.4. The second-order valence-corrected chi connectivity index (χ2v) is 4.06. The number of pyridine rings is 1. The summed E-state index contributed by atoms with van der Waals surface area (Å²) in [6, 6.07) is 3.57. The maximum atomic E-state index is 11.8. The number of carboxylic acid groups (broad SMARTS) is 1. The first-order chi connectivity index (χ1) is 9.13. The Morgan fingerprint density at radius 1 is 1.37 bits per heavy atom. The van der Waals surface area contributed by atoms with Crippen LogP contribution < -0.4 is 5.32 Å². The first-order valence-corrected chi connectivity index (χ1v) is 6.27. The molecule has 0 fully saturated rings. The van der Waals surface area contributed by atoms with Gasteiger partial charge >= 0.3 is 12.0 Å². The maximum absolute atomic E-state index is 11.8. The van der Waals surface area contributed by atoms with E-state index in [4.69, 9.17) is 5.11 Å². The standard InChI is InChI=1S/C13H19N3O3/c1-2-16(10-6-12(17)18)13(19)15-9-5-11-3-7-14-8-4-11/h3-4,7-8H,2,5-6,9-10H2,1H3,(H,15,19)(H,17,18). The number of hydrogen-bond donors (Lipinski definition) is 2. The Labute approximate surface area is 112 Å². The molecule has 1 rings (SSSR count). The molecule has 0 radical (unpaired) electrons. The predicted molar refractivity (Wildman–Crippen MR) is 70.8 cm³/mol. The van der Waals surface area contributed by atoms with E-state index in [2.05, 4.69) is 10.3 Å². The molecule has 0 saturated carbocycles. The SMILES string of the molecule is CCN(CCC(=O)O)C(=O)NCCc1ccncc1. The van der Waals surface area contributed by atoms with Crippen molar-refractivity contribution in [2.75, 3.05) is 19.6 Å². The van der Waals surface area contributed by atoms with Crippen LogP contribution in [0.2, 0.25) is 0 Å². The van der Waals surface area contributed by atoms with Crippen LogP contribution in [0.5, 0.6) is 0 Å². The van der Waals surface area contributed by atoms with Gasteiger partial charge in [0.2, 0.25) is 0 Å². The zero-order chi connectivity index (χ0) is 14.1. The smallest absolute Gasteiger partial charge is 0.317 e. The van der Waals surface area contributed by atoms with Gasteiger partial charge in [-0.2, -0.15) is 0 Å². The lowest BCUT2D eigenvalue weighted by Crippen LogP contribution is -2.41. The monoisotopic (exact) mass is 265 g/mol. The van der Waals surface area contributed by atoms with E-state index < -0.39 is 5.97 Å². The molecule has 0 aromatic carbocycles. The van der Waals surface area contributed by atoms with Gasteiger partial charge in [-0.1, -0.05) is 0 Å². The van der Waals surface area contributed by atoms with Gasteiger partial charge in [0, 0.05) is 32.0 Å². The molecule has 104 valence electrons. The largest absolute Gasteiger partial charge is 0.481 e. The summed E-state index contributed by atoms with van der Waals surface area (Å²) in [7, 11) is 0. The van der Waals surface area contributed by atoms with Crippen LogP contribution in [0.3, 0.4) is 0 Å². The number of carbonyl (C=O) groups is 2. The van der Waals surface area contributed by atoms with E-state index in [9.17, 15) is 9.59 Å². The zero-order valence-electron chi connectivity index (χ0n) is 11.0. The Kier molecular flexibility index (Phi) is 6.35. The molecule has 1 aromatic rings. The number of urea groups is 1. The minimum absolute atomic E-state index is 0.0361. The van der Waals surface area contributed by atoms with Crippen LogP contribution in [0.4, 0.5) is 4.79 Å². The van der Waals surface area contributed by atoms with Crippen molar-refractivity contribution in [1.82, 2.24) is 15.2 Å². The molecule has 1 aromatic heterocycles. The van der Waals surface area contributed by atoms with Gasteiger partial charge in [0.15, 0.2) is 0 Å². The third kappa shape index (κ3) is 5.85. The third-order valence-corrected chi connectivity index (χ3v) is 2.70. The third-order valence-electron chi connectivity index (χ3n) is 2.70. The molecular formula is C13H19N3O3. The van der Waals surface area contributed by atoms with Crippen LogP contribution in [-0.4, -0.2) is 46.6 Å². The van der Waals surface area contributed by atoms with E-state index in [1.165, 1.54) is 4.90 Å². The normalized spacial score (nSPS) is 9.95. The van der Waals surface area contributed by atoms with Crippen molar-refractivity contribution in [2.45, 2.75) is 19.8 Å². The quantitative estimate of drug-likeness (QED) is 0.774. The summed E-state index contributed by atoms with van der Waals surface area (Å²) in [5.41, 5.74) is 1.10. The summed E-state index contributed by atoms with van der Waals surface area (Å²) in [5, 5.41) is 11.4. The van der Waals surface area contributed by atoms with Crippen LogP contribution in [0.15, 0.2) is 24.5 Å². The molecule has 19 heavy (non-hydrogen) atoms. The van der Waals surface area contributed by atoms with Gasteiger partial charge in [-0.25, -0.2) is 4.79 Å². The molecule has 0 atom stereocenters. The Morgan fingerprint density at radius 3 is 2.63 bits per heavy atom. The highest BCUT2D eigenvalue weighted by molar-refractivity contribution is 5.75. The van der Waals surface area contributed by atoms with Gasteiger partial charge in [-0.05, 0) is 31.0 Å². The van der Waals surface area contributed by atoms with Crippen molar-refractivity contribution in [3.8, 4) is 0 Å². The Hall–Kier alpha value is -2.11. The molecule has 0 spiro atoms. The van der Waals surface area contributed by atoms with Crippen LogP contribution in [-0.2, 0) is 11.2 Å². The van der Waals surface area contributed by atoms with Gasteiger partial charge in [-0.3, -0.25) is 9.78 Å². The van der Waals surface area contributed by atoms with E-state index in [0.717, 1.165) is 12.0 Å². The van der Waals surface area contributed by atoms with E-state index in [-0.39, 0.29) is 19.0 Å². The van der Waals surface area contributed by atoms with Crippen molar-refractivity contribution in [2.24, 2.45) is 0 Å². The zero-order valence-corrected chi connectivity index (χ0v) is 11.0. The average Bonchev–Trinajstić information content (AvgIpc) is 2.40. The molecule has 1 heterocycles. The lowest BCUT2D eigenvalue weighted by molar-refractivity contribution is -0.137. The van der Waals surface area contributed by atoms with Crippen LogP contribution >= 0.6 is 0 Å². The van der Waals surface area contributed by atoms with Crippen molar-refractivity contribution < 1.29 is 14.7 Å². The second-order valence-electron chi connectivity index (χ2n) is 4.06. The molecule has 0 aliphatic rings. The number of nitrogens with one attached hydrogen (secondary N) is 1. The summed E-state index contributed by atoms with van der Waals surface area (Å²) >= 11 is 0. The van der Waals surface area contributed by atoms with Gasteiger partial charge in [0.25, 0.3) is 0 Å². The molecule has 6 nitrogen and oxygen atoms in total. The van der Waals surface area contributed by atoms with E-state index in [0.29, 0.717) is 13.1 Å². The lowest BCUT2D eigenvalue weighted by atomic mass is 10.2. The number of carbonyl (C=O) groups excluding carboxylic acids is 1. The van der Waals surface area contributed by atoms with Crippen molar-refractivity contribution >= 4 is 12.0 Å². The summed E-state index contributed by atoms with van der Waals surface area (Å²) in [4.78, 5) is 27.7. The fraction of sp³-hybridized carbons (Fsp3) is 0.462. The van der Waals surface area contributed by atoms with Crippen LogP contribution in [0.25, 0.3) is 0 Å². The van der Waals surface area contributed by atoms with Gasteiger partial charge in [0.1, 0.15) is 0 Å². The van der Waals surface area contributed by atoms with Gasteiger partial charge < -0.3 is 15.3 Å². The molecule has 0 unspecified atom stereocenters. The van der Waals surface area contributed by atoms with E-state index in [1.54, 1.807) is 12.4 Å². The number of nitrogens with zero attached hydrogens (tertiary/aromatic N) is 2. The average molecular weight is 265 g/mol. The molecule has 0 aliphatic heterocycles. The minimum Gasteiger partial charge on any atom is -0.481 e. The van der Waals surface area contributed by atoms with E-state index in [1.807, 2.05) is 19.1 Å². The van der Waals surface area contributed by atoms with E-state index >= 15 is 0 Å². The molecule has 0 bridgehead atoms. The summed E-state index contributed by atoms with van der Waals surface area (Å²) in [6.45, 7) is 3.07. The van der Waals surface area contributed by atoms with Crippen LogP contribution in [0.1, 0.15) is 18.9 Å². The Balaban J connectivity index is 2.30. The first kappa shape index (κ1) is 14.9. The lowest BCUT2D eigenvalue weighted by Gasteiger charge is -2.20. The van der Waals surface area contributed by atoms with Crippen molar-refractivity contribution in [3.63, 3.8) is 0 Å². The first-order valence-electron chi connectivity index (χ1n) is 6.27. The number of rotatable bonds is 7. The molecule has 2 amide bonds.